The number of hydrogen-bond acceptors (Lipinski definition) is 4. The minimum Gasteiger partial charge on any atom is -0.373 e. The van der Waals surface area contributed by atoms with Gasteiger partial charge in [0, 0.05) is 11.3 Å². The molecular formula is C24H33F2N3O. The number of rotatable bonds is 6. The Morgan fingerprint density at radius 1 is 1.23 bits per heavy atom. The van der Waals surface area contributed by atoms with Gasteiger partial charge < -0.3 is 10.1 Å². The molecule has 3 atom stereocenters. The fourth-order valence-corrected chi connectivity index (χ4v) is 3.70. The Morgan fingerprint density at radius 2 is 2.00 bits per heavy atom. The Morgan fingerprint density at radius 3 is 2.57 bits per heavy atom. The first-order valence-corrected chi connectivity index (χ1v) is 10.6. The molecule has 0 bridgehead atoms. The maximum atomic E-state index is 13.2. The zero-order valence-corrected chi connectivity index (χ0v) is 18.6. The molecule has 1 aromatic carbocycles. The second kappa shape index (κ2) is 11.9. The molecule has 1 N–H and O–H groups in total. The molecule has 4 nitrogen and oxygen atoms in total. The van der Waals surface area contributed by atoms with Gasteiger partial charge in [-0.25, -0.2) is 18.7 Å². The molecule has 2 aromatic rings. The van der Waals surface area contributed by atoms with Crippen molar-refractivity contribution >= 4 is 6.08 Å². The maximum Gasteiger partial charge on any atom is 0.159 e. The SMILES string of the molecule is C/C=C\c1c(C)ncnc1CCC.CNC(c1ccc(F)c(F)c1)C1CCC(C)O1. The highest BCUT2D eigenvalue weighted by Gasteiger charge is 2.30. The van der Waals surface area contributed by atoms with Gasteiger partial charge in [0.25, 0.3) is 0 Å². The number of nitrogens with zero attached hydrogens (tertiary/aromatic N) is 2. The number of allylic oxidation sites excluding steroid dienone is 1. The number of aromatic nitrogens is 2. The highest BCUT2D eigenvalue weighted by molar-refractivity contribution is 5.53. The van der Waals surface area contributed by atoms with Gasteiger partial charge in [-0.3, -0.25) is 0 Å². The van der Waals surface area contributed by atoms with E-state index in [0.29, 0.717) is 0 Å². The summed E-state index contributed by atoms with van der Waals surface area (Å²) in [6.45, 7) is 8.23. The second-order valence-electron chi connectivity index (χ2n) is 7.57. The highest BCUT2D eigenvalue weighted by Crippen LogP contribution is 2.30. The molecule has 6 heteroatoms. The monoisotopic (exact) mass is 417 g/mol. The molecular weight excluding hydrogens is 384 g/mol. The Balaban J connectivity index is 0.000000222. The van der Waals surface area contributed by atoms with Crippen LogP contribution in [-0.2, 0) is 11.2 Å². The fraction of sp³-hybridized carbons (Fsp3) is 0.500. The van der Waals surface area contributed by atoms with E-state index in [4.69, 9.17) is 4.74 Å². The highest BCUT2D eigenvalue weighted by atomic mass is 19.2. The molecule has 3 unspecified atom stereocenters. The van der Waals surface area contributed by atoms with Gasteiger partial charge in [-0.2, -0.15) is 0 Å². The van der Waals surface area contributed by atoms with Crippen molar-refractivity contribution in [3.05, 3.63) is 64.8 Å². The summed E-state index contributed by atoms with van der Waals surface area (Å²) in [6, 6.07) is 3.91. The van der Waals surface area contributed by atoms with Crippen LogP contribution in [0.4, 0.5) is 8.78 Å². The van der Waals surface area contributed by atoms with E-state index in [1.54, 1.807) is 19.4 Å². The van der Waals surface area contributed by atoms with Gasteiger partial charge in [-0.1, -0.05) is 31.6 Å². The standard InChI is InChI=1S/C13H17F2NO.C11H16N2/c1-8-3-6-12(17-8)13(16-2)9-4-5-10(14)11(15)7-9;1-4-6-10-9(3)12-8-13-11(10)7-5-2/h4-5,7-8,12-13,16H,3,6H2,1-2H3;4,6,8H,5,7H2,1-3H3/b;6-4-. The van der Waals surface area contributed by atoms with Crippen molar-refractivity contribution in [3.8, 4) is 0 Å². The lowest BCUT2D eigenvalue weighted by molar-refractivity contribution is 0.0332. The molecule has 164 valence electrons. The molecule has 3 rings (SSSR count). The van der Waals surface area contributed by atoms with Crippen molar-refractivity contribution in [2.75, 3.05) is 7.05 Å². The molecule has 0 spiro atoms. The largest absolute Gasteiger partial charge is 0.373 e. The van der Waals surface area contributed by atoms with Gasteiger partial charge in [0.15, 0.2) is 11.6 Å². The first-order chi connectivity index (χ1) is 14.4. The predicted molar refractivity (Wildman–Crippen MR) is 117 cm³/mol. The van der Waals surface area contributed by atoms with E-state index >= 15 is 0 Å². The van der Waals surface area contributed by atoms with Crippen LogP contribution in [0.2, 0.25) is 0 Å². The third-order valence-corrected chi connectivity index (χ3v) is 5.24. The first-order valence-electron chi connectivity index (χ1n) is 10.6. The molecule has 1 fully saturated rings. The van der Waals surface area contributed by atoms with Gasteiger partial charge in [0.05, 0.1) is 23.9 Å². The van der Waals surface area contributed by atoms with Crippen molar-refractivity contribution in [1.82, 2.24) is 15.3 Å². The van der Waals surface area contributed by atoms with Gasteiger partial charge in [0.2, 0.25) is 0 Å². The van der Waals surface area contributed by atoms with Crippen LogP contribution in [0.1, 0.15) is 68.6 Å². The summed E-state index contributed by atoms with van der Waals surface area (Å²) in [7, 11) is 1.80. The molecule has 2 heterocycles. The summed E-state index contributed by atoms with van der Waals surface area (Å²) in [5.41, 5.74) is 4.14. The van der Waals surface area contributed by atoms with Gasteiger partial charge in [-0.05, 0) is 64.8 Å². The topological polar surface area (TPSA) is 47.0 Å². The third-order valence-electron chi connectivity index (χ3n) is 5.24. The number of halogens is 2. The lowest BCUT2D eigenvalue weighted by Gasteiger charge is -2.23. The predicted octanol–water partition coefficient (Wildman–Crippen LogP) is 5.56. The summed E-state index contributed by atoms with van der Waals surface area (Å²) in [5, 5.41) is 3.11. The van der Waals surface area contributed by atoms with Crippen molar-refractivity contribution in [2.45, 2.75) is 71.6 Å². The normalized spacial score (nSPS) is 19.6. The number of nitrogens with one attached hydrogen (secondary N) is 1. The average Bonchev–Trinajstić information content (AvgIpc) is 3.14. The molecule has 1 aromatic heterocycles. The zero-order chi connectivity index (χ0) is 22.1. The Bertz CT molecular complexity index is 841. The van der Waals surface area contributed by atoms with E-state index in [1.165, 1.54) is 11.6 Å². The number of aryl methyl sites for hydroxylation is 2. The zero-order valence-electron chi connectivity index (χ0n) is 18.6. The molecule has 0 radical (unpaired) electrons. The van der Waals surface area contributed by atoms with Gasteiger partial charge in [-0.15, -0.1) is 0 Å². The summed E-state index contributed by atoms with van der Waals surface area (Å²) in [4.78, 5) is 8.46. The van der Waals surface area contributed by atoms with E-state index in [0.717, 1.165) is 48.7 Å². The van der Waals surface area contributed by atoms with Crippen LogP contribution in [0.5, 0.6) is 0 Å². The molecule has 0 aliphatic carbocycles. The van der Waals surface area contributed by atoms with Gasteiger partial charge in [0.1, 0.15) is 6.33 Å². The quantitative estimate of drug-likeness (QED) is 0.668. The summed E-state index contributed by atoms with van der Waals surface area (Å²) >= 11 is 0. The van der Waals surface area contributed by atoms with Gasteiger partial charge >= 0.3 is 0 Å². The number of ether oxygens (including phenoxy) is 1. The van der Waals surface area contributed by atoms with Crippen LogP contribution < -0.4 is 5.32 Å². The molecule has 0 saturated carbocycles. The van der Waals surface area contributed by atoms with E-state index in [-0.39, 0.29) is 18.2 Å². The van der Waals surface area contributed by atoms with Crippen molar-refractivity contribution in [1.29, 1.82) is 0 Å². The lowest BCUT2D eigenvalue weighted by Crippen LogP contribution is -2.29. The van der Waals surface area contributed by atoms with E-state index in [9.17, 15) is 8.78 Å². The van der Waals surface area contributed by atoms with Crippen molar-refractivity contribution < 1.29 is 13.5 Å². The summed E-state index contributed by atoms with van der Waals surface area (Å²) < 4.78 is 31.8. The Kier molecular flexibility index (Phi) is 9.53. The first kappa shape index (κ1) is 24.1. The van der Waals surface area contributed by atoms with E-state index < -0.39 is 11.6 Å². The summed E-state index contributed by atoms with van der Waals surface area (Å²) in [6.07, 6.45) is 10.1. The van der Waals surface area contributed by atoms with Crippen LogP contribution in [0.25, 0.3) is 6.08 Å². The van der Waals surface area contributed by atoms with Crippen molar-refractivity contribution in [2.24, 2.45) is 0 Å². The van der Waals surface area contributed by atoms with E-state index in [2.05, 4.69) is 28.3 Å². The smallest absolute Gasteiger partial charge is 0.159 e. The van der Waals surface area contributed by atoms with E-state index in [1.807, 2.05) is 26.8 Å². The van der Waals surface area contributed by atoms with Crippen LogP contribution in [0, 0.1) is 18.6 Å². The molecule has 0 amide bonds. The summed E-state index contributed by atoms with van der Waals surface area (Å²) in [5.74, 6) is -1.63. The van der Waals surface area contributed by atoms with Crippen molar-refractivity contribution in [3.63, 3.8) is 0 Å². The number of benzene rings is 1. The third kappa shape index (κ3) is 6.41. The Labute approximate surface area is 178 Å². The average molecular weight is 418 g/mol. The molecule has 1 aliphatic rings. The number of likely N-dealkylation sites (N-methyl/N-ethyl adjacent to an activating group) is 1. The Hall–Kier alpha value is -2.18. The lowest BCUT2D eigenvalue weighted by atomic mass is 9.99. The van der Waals surface area contributed by atoms with Crippen LogP contribution >= 0.6 is 0 Å². The minimum absolute atomic E-state index is 0.0276. The van der Waals surface area contributed by atoms with Crippen LogP contribution in [0.3, 0.4) is 0 Å². The minimum atomic E-state index is -0.815. The molecule has 30 heavy (non-hydrogen) atoms. The second-order valence-corrected chi connectivity index (χ2v) is 7.57. The molecule has 1 aliphatic heterocycles. The van der Waals surface area contributed by atoms with Crippen LogP contribution in [0.15, 0.2) is 30.6 Å². The van der Waals surface area contributed by atoms with Crippen LogP contribution in [-0.4, -0.2) is 29.2 Å². The maximum absolute atomic E-state index is 13.2. The number of hydrogen-bond donors (Lipinski definition) is 1. The molecule has 1 saturated heterocycles. The fourth-order valence-electron chi connectivity index (χ4n) is 3.70.